The molecule has 2 aromatic heterocycles. The maximum Gasteiger partial charge on any atom is 0.338 e. The molecule has 0 bridgehead atoms. The minimum atomic E-state index is -0.460. The van der Waals surface area contributed by atoms with Crippen LogP contribution >= 0.6 is 11.7 Å². The maximum atomic E-state index is 12.6. The summed E-state index contributed by atoms with van der Waals surface area (Å²) in [5.74, 6) is -0.871. The fraction of sp³-hybridized carbons (Fsp3) is 0.294. The van der Waals surface area contributed by atoms with E-state index in [4.69, 9.17) is 4.74 Å². The first-order chi connectivity index (χ1) is 12.9. The van der Waals surface area contributed by atoms with Crippen LogP contribution < -0.4 is 5.32 Å². The molecule has 0 aliphatic heterocycles. The van der Waals surface area contributed by atoms with Crippen molar-refractivity contribution in [2.45, 2.75) is 27.3 Å². The number of anilines is 1. The molecule has 140 valence electrons. The van der Waals surface area contributed by atoms with E-state index in [-0.39, 0.29) is 5.69 Å². The molecule has 1 N–H and O–H groups in total. The zero-order valence-electron chi connectivity index (χ0n) is 15.3. The van der Waals surface area contributed by atoms with Crippen LogP contribution in [-0.4, -0.2) is 42.7 Å². The highest BCUT2D eigenvalue weighted by molar-refractivity contribution is 6.99. The Morgan fingerprint density at radius 1 is 1.22 bits per heavy atom. The first kappa shape index (κ1) is 18.6. The monoisotopic (exact) mass is 386 g/mol. The van der Waals surface area contributed by atoms with Gasteiger partial charge >= 0.3 is 5.97 Å². The van der Waals surface area contributed by atoms with E-state index in [0.717, 1.165) is 28.7 Å². The molecule has 10 heteroatoms. The quantitative estimate of drug-likeness (QED) is 0.669. The van der Waals surface area contributed by atoms with E-state index in [9.17, 15) is 9.59 Å². The maximum absolute atomic E-state index is 12.6. The fourth-order valence-electron chi connectivity index (χ4n) is 2.48. The Labute approximate surface area is 159 Å². The summed E-state index contributed by atoms with van der Waals surface area (Å²) >= 11 is 1.13. The van der Waals surface area contributed by atoms with Gasteiger partial charge in [-0.05, 0) is 38.5 Å². The summed E-state index contributed by atoms with van der Waals surface area (Å²) < 4.78 is 14.7. The van der Waals surface area contributed by atoms with Crippen molar-refractivity contribution < 1.29 is 14.3 Å². The van der Waals surface area contributed by atoms with Gasteiger partial charge in [0.05, 0.1) is 48.0 Å². The number of amides is 1. The molecule has 0 aliphatic carbocycles. The van der Waals surface area contributed by atoms with Gasteiger partial charge in [0, 0.05) is 5.69 Å². The lowest BCUT2D eigenvalue weighted by atomic mass is 10.1. The van der Waals surface area contributed by atoms with Gasteiger partial charge in [0.25, 0.3) is 5.91 Å². The average molecular weight is 386 g/mol. The van der Waals surface area contributed by atoms with Crippen LogP contribution in [0.15, 0.2) is 18.2 Å². The second kappa shape index (κ2) is 7.62. The molecule has 27 heavy (non-hydrogen) atoms. The van der Waals surface area contributed by atoms with E-state index in [1.54, 1.807) is 36.7 Å². The van der Waals surface area contributed by atoms with Crippen molar-refractivity contribution >= 4 is 29.3 Å². The lowest BCUT2D eigenvalue weighted by molar-refractivity contribution is 0.0599. The summed E-state index contributed by atoms with van der Waals surface area (Å²) in [4.78, 5) is 24.4. The number of hydrogen-bond acceptors (Lipinski definition) is 8. The second-order valence-electron chi connectivity index (χ2n) is 5.95. The Morgan fingerprint density at radius 3 is 2.67 bits per heavy atom. The zero-order valence-corrected chi connectivity index (χ0v) is 16.1. The van der Waals surface area contributed by atoms with E-state index in [2.05, 4.69) is 24.4 Å². The number of hydrogen-bond donors (Lipinski definition) is 1. The van der Waals surface area contributed by atoms with E-state index in [1.165, 1.54) is 7.11 Å². The van der Waals surface area contributed by atoms with Gasteiger partial charge in [-0.3, -0.25) is 4.79 Å². The van der Waals surface area contributed by atoms with Crippen molar-refractivity contribution in [3.63, 3.8) is 0 Å². The Morgan fingerprint density at radius 2 is 2.00 bits per heavy atom. The zero-order chi connectivity index (χ0) is 19.6. The SMILES string of the molecule is COC(=O)c1cc(NC(=O)c2nnn(Cc3nsnc3C)c2C)ccc1C. The molecule has 3 aromatic rings. The molecule has 3 rings (SSSR count). The van der Waals surface area contributed by atoms with Crippen LogP contribution in [0.1, 0.15) is 43.5 Å². The number of benzene rings is 1. The van der Waals surface area contributed by atoms with Gasteiger partial charge in [-0.2, -0.15) is 8.75 Å². The molecule has 0 unspecified atom stereocenters. The van der Waals surface area contributed by atoms with Crippen molar-refractivity contribution in [2.24, 2.45) is 0 Å². The van der Waals surface area contributed by atoms with Crippen molar-refractivity contribution in [3.8, 4) is 0 Å². The van der Waals surface area contributed by atoms with Crippen LogP contribution in [0.2, 0.25) is 0 Å². The smallest absolute Gasteiger partial charge is 0.338 e. The first-order valence-corrected chi connectivity index (χ1v) is 8.82. The molecule has 0 saturated heterocycles. The number of esters is 1. The van der Waals surface area contributed by atoms with E-state index >= 15 is 0 Å². The van der Waals surface area contributed by atoms with Gasteiger partial charge in [0.1, 0.15) is 0 Å². The van der Waals surface area contributed by atoms with Crippen molar-refractivity contribution in [2.75, 3.05) is 12.4 Å². The normalized spacial score (nSPS) is 10.7. The number of carbonyl (C=O) groups excluding carboxylic acids is 2. The molecule has 1 amide bonds. The Hall–Kier alpha value is -3.14. The third kappa shape index (κ3) is 3.85. The van der Waals surface area contributed by atoms with Gasteiger partial charge in [0.2, 0.25) is 0 Å². The Balaban J connectivity index is 1.79. The molecule has 0 atom stereocenters. The summed E-state index contributed by atoms with van der Waals surface area (Å²) in [6, 6.07) is 5.02. The number of aryl methyl sites for hydroxylation is 2. The molecule has 2 heterocycles. The molecule has 0 spiro atoms. The largest absolute Gasteiger partial charge is 0.465 e. The number of nitrogens with zero attached hydrogens (tertiary/aromatic N) is 5. The molecule has 0 radical (unpaired) electrons. The van der Waals surface area contributed by atoms with E-state index in [1.807, 2.05) is 6.92 Å². The summed E-state index contributed by atoms with van der Waals surface area (Å²) in [6.07, 6.45) is 0. The third-order valence-electron chi connectivity index (χ3n) is 4.14. The third-order valence-corrected chi connectivity index (χ3v) is 4.80. The van der Waals surface area contributed by atoms with Gasteiger partial charge in [-0.1, -0.05) is 11.3 Å². The van der Waals surface area contributed by atoms with Gasteiger partial charge in [-0.25, -0.2) is 9.48 Å². The predicted octanol–water partition coefficient (Wildman–Crippen LogP) is 2.14. The average Bonchev–Trinajstić information content (AvgIpc) is 3.22. The topological polar surface area (TPSA) is 112 Å². The minimum Gasteiger partial charge on any atom is -0.465 e. The predicted molar refractivity (Wildman–Crippen MR) is 99.0 cm³/mol. The molecular formula is C17H18N6O3S. The summed E-state index contributed by atoms with van der Waals surface area (Å²) in [6.45, 7) is 5.82. The number of rotatable bonds is 5. The van der Waals surface area contributed by atoms with Crippen LogP contribution in [0.25, 0.3) is 0 Å². The first-order valence-electron chi connectivity index (χ1n) is 8.09. The molecule has 0 aliphatic rings. The molecular weight excluding hydrogens is 368 g/mol. The number of methoxy groups -OCH3 is 1. The van der Waals surface area contributed by atoms with Crippen LogP contribution in [0, 0.1) is 20.8 Å². The highest BCUT2D eigenvalue weighted by Crippen LogP contribution is 2.18. The van der Waals surface area contributed by atoms with Crippen molar-refractivity contribution in [1.29, 1.82) is 0 Å². The lowest BCUT2D eigenvalue weighted by Gasteiger charge is -2.08. The lowest BCUT2D eigenvalue weighted by Crippen LogP contribution is -2.15. The number of carbonyl (C=O) groups is 2. The van der Waals surface area contributed by atoms with Gasteiger partial charge in [0.15, 0.2) is 5.69 Å². The van der Waals surface area contributed by atoms with Crippen LogP contribution in [-0.2, 0) is 11.3 Å². The van der Waals surface area contributed by atoms with Crippen molar-refractivity contribution in [1.82, 2.24) is 23.7 Å². The summed E-state index contributed by atoms with van der Waals surface area (Å²) in [5.41, 5.74) is 4.06. The molecule has 9 nitrogen and oxygen atoms in total. The highest BCUT2D eigenvalue weighted by Gasteiger charge is 2.19. The molecule has 0 fully saturated rings. The second-order valence-corrected chi connectivity index (χ2v) is 6.48. The van der Waals surface area contributed by atoms with E-state index < -0.39 is 11.9 Å². The number of ether oxygens (including phenoxy) is 1. The molecule has 0 saturated carbocycles. The highest BCUT2D eigenvalue weighted by atomic mass is 32.1. The minimum absolute atomic E-state index is 0.205. The van der Waals surface area contributed by atoms with Crippen LogP contribution in [0.3, 0.4) is 0 Å². The van der Waals surface area contributed by atoms with Crippen LogP contribution in [0.5, 0.6) is 0 Å². The van der Waals surface area contributed by atoms with Crippen molar-refractivity contribution in [3.05, 3.63) is 52.1 Å². The molecule has 1 aromatic carbocycles. The standard InChI is InChI=1S/C17H18N6O3S/c1-9-5-6-12(7-13(9)17(25)26-4)18-16(24)15-11(3)23(22-19-15)8-14-10(2)20-27-21-14/h5-7H,8H2,1-4H3,(H,18,24). The number of aromatic nitrogens is 5. The van der Waals surface area contributed by atoms with E-state index in [0.29, 0.717) is 23.5 Å². The number of nitrogens with one attached hydrogen (secondary N) is 1. The van der Waals surface area contributed by atoms with Gasteiger partial charge in [-0.15, -0.1) is 5.10 Å². The van der Waals surface area contributed by atoms with Crippen LogP contribution in [0.4, 0.5) is 5.69 Å². The Kier molecular flexibility index (Phi) is 5.26. The summed E-state index contributed by atoms with van der Waals surface area (Å²) in [5, 5.41) is 10.8. The van der Waals surface area contributed by atoms with Gasteiger partial charge < -0.3 is 10.1 Å². The summed E-state index contributed by atoms with van der Waals surface area (Å²) in [7, 11) is 1.31. The fourth-order valence-corrected chi connectivity index (χ4v) is 3.03. The Bertz CT molecular complexity index is 1010.